The van der Waals surface area contributed by atoms with Crippen molar-refractivity contribution < 1.29 is 19.3 Å². The number of nitrogens with two attached hydrogens (primary N) is 1. The van der Waals surface area contributed by atoms with Crippen LogP contribution in [0.4, 0.5) is 5.69 Å². The molecular formula is C15H21N4O3+. The summed E-state index contributed by atoms with van der Waals surface area (Å²) in [5.74, 6) is -0.498. The van der Waals surface area contributed by atoms with Crippen LogP contribution < -0.4 is 16.0 Å². The first-order valence-electron chi connectivity index (χ1n) is 7.24. The van der Waals surface area contributed by atoms with Crippen molar-refractivity contribution in [2.24, 2.45) is 5.73 Å². The molecule has 118 valence electrons. The predicted molar refractivity (Wildman–Crippen MR) is 81.4 cm³/mol. The van der Waals surface area contributed by atoms with E-state index in [4.69, 9.17) is 5.73 Å². The van der Waals surface area contributed by atoms with Crippen LogP contribution >= 0.6 is 0 Å². The van der Waals surface area contributed by atoms with Gasteiger partial charge in [-0.15, -0.1) is 0 Å². The summed E-state index contributed by atoms with van der Waals surface area (Å²) in [7, 11) is 0. The first-order valence-corrected chi connectivity index (χ1v) is 7.24. The number of nitrogens with zero attached hydrogens (tertiary/aromatic N) is 1. The molecule has 1 saturated heterocycles. The molecule has 3 amide bonds. The Bertz CT molecular complexity index is 563. The van der Waals surface area contributed by atoms with Crippen LogP contribution in [-0.2, 0) is 9.59 Å². The number of piperazine rings is 1. The van der Waals surface area contributed by atoms with Crippen molar-refractivity contribution in [2.45, 2.75) is 6.92 Å². The molecule has 7 nitrogen and oxygen atoms in total. The van der Waals surface area contributed by atoms with Gasteiger partial charge < -0.3 is 20.9 Å². The highest BCUT2D eigenvalue weighted by molar-refractivity contribution is 5.95. The monoisotopic (exact) mass is 305 g/mol. The van der Waals surface area contributed by atoms with Crippen molar-refractivity contribution in [3.05, 3.63) is 29.8 Å². The highest BCUT2D eigenvalue weighted by atomic mass is 16.2. The summed E-state index contributed by atoms with van der Waals surface area (Å²) in [6.45, 7) is 4.84. The number of amides is 3. The van der Waals surface area contributed by atoms with Gasteiger partial charge in [-0.05, 0) is 24.3 Å². The van der Waals surface area contributed by atoms with E-state index in [9.17, 15) is 14.4 Å². The van der Waals surface area contributed by atoms with Gasteiger partial charge >= 0.3 is 0 Å². The summed E-state index contributed by atoms with van der Waals surface area (Å²) in [6.07, 6.45) is 0. The maximum Gasteiger partial charge on any atom is 0.279 e. The third-order valence-corrected chi connectivity index (χ3v) is 3.78. The molecule has 1 aromatic carbocycles. The Kier molecular flexibility index (Phi) is 5.11. The molecule has 1 aliphatic rings. The molecule has 0 aliphatic carbocycles. The van der Waals surface area contributed by atoms with E-state index in [1.54, 1.807) is 36.1 Å². The van der Waals surface area contributed by atoms with E-state index in [0.29, 0.717) is 30.9 Å². The average Bonchev–Trinajstić information content (AvgIpc) is 2.48. The average molecular weight is 305 g/mol. The van der Waals surface area contributed by atoms with Gasteiger partial charge in [-0.2, -0.15) is 0 Å². The molecule has 22 heavy (non-hydrogen) atoms. The minimum atomic E-state index is -0.495. The van der Waals surface area contributed by atoms with Crippen molar-refractivity contribution in [1.29, 1.82) is 0 Å². The maximum absolute atomic E-state index is 12.0. The molecule has 0 spiro atoms. The number of hydrogen-bond donors (Lipinski definition) is 3. The Hall–Kier alpha value is -2.41. The Labute approximate surface area is 129 Å². The zero-order valence-electron chi connectivity index (χ0n) is 12.6. The number of carbonyl (C=O) groups is 3. The van der Waals surface area contributed by atoms with Crippen LogP contribution in [0, 0.1) is 0 Å². The third kappa shape index (κ3) is 4.29. The van der Waals surface area contributed by atoms with Crippen molar-refractivity contribution in [2.75, 3.05) is 38.0 Å². The van der Waals surface area contributed by atoms with Crippen LogP contribution in [0.25, 0.3) is 0 Å². The number of rotatable bonds is 4. The predicted octanol–water partition coefficient (Wildman–Crippen LogP) is -1.53. The zero-order valence-corrected chi connectivity index (χ0v) is 12.6. The Morgan fingerprint density at radius 3 is 2.27 bits per heavy atom. The molecule has 0 bridgehead atoms. The summed E-state index contributed by atoms with van der Waals surface area (Å²) in [4.78, 5) is 37.2. The molecule has 7 heteroatoms. The van der Waals surface area contributed by atoms with Gasteiger partial charge in [-0.3, -0.25) is 14.4 Å². The van der Waals surface area contributed by atoms with Gasteiger partial charge in [0, 0.05) is 18.2 Å². The van der Waals surface area contributed by atoms with Gasteiger partial charge in [-0.25, -0.2) is 0 Å². The van der Waals surface area contributed by atoms with Crippen LogP contribution in [0.1, 0.15) is 17.3 Å². The Balaban J connectivity index is 1.81. The number of primary amides is 1. The van der Waals surface area contributed by atoms with E-state index >= 15 is 0 Å². The van der Waals surface area contributed by atoms with E-state index in [0.717, 1.165) is 18.0 Å². The van der Waals surface area contributed by atoms with Gasteiger partial charge in [0.1, 0.15) is 0 Å². The van der Waals surface area contributed by atoms with Gasteiger partial charge in [0.2, 0.25) is 11.8 Å². The molecule has 0 saturated carbocycles. The van der Waals surface area contributed by atoms with Crippen molar-refractivity contribution >= 4 is 23.4 Å². The summed E-state index contributed by atoms with van der Waals surface area (Å²) in [6, 6.07) is 6.47. The lowest BCUT2D eigenvalue weighted by molar-refractivity contribution is -0.895. The highest BCUT2D eigenvalue weighted by Gasteiger charge is 2.23. The van der Waals surface area contributed by atoms with Crippen LogP contribution in [0.3, 0.4) is 0 Å². The smallest absolute Gasteiger partial charge is 0.279 e. The highest BCUT2D eigenvalue weighted by Crippen LogP contribution is 2.08. The van der Waals surface area contributed by atoms with Crippen LogP contribution in [0.2, 0.25) is 0 Å². The van der Waals surface area contributed by atoms with Gasteiger partial charge in [0.15, 0.2) is 6.54 Å². The van der Waals surface area contributed by atoms with Crippen molar-refractivity contribution in [3.8, 4) is 0 Å². The molecule has 0 aromatic heterocycles. The largest absolute Gasteiger partial charge is 0.366 e. The number of nitrogens with one attached hydrogen (secondary N) is 2. The molecule has 1 aliphatic heterocycles. The molecule has 0 atom stereocenters. The molecule has 1 heterocycles. The number of carbonyl (C=O) groups excluding carboxylic acids is 3. The van der Waals surface area contributed by atoms with E-state index in [1.165, 1.54) is 0 Å². The quantitative estimate of drug-likeness (QED) is 0.630. The molecule has 4 N–H and O–H groups in total. The fourth-order valence-corrected chi connectivity index (χ4v) is 2.46. The molecule has 0 radical (unpaired) electrons. The van der Waals surface area contributed by atoms with Crippen molar-refractivity contribution in [1.82, 2.24) is 4.90 Å². The third-order valence-electron chi connectivity index (χ3n) is 3.78. The molecule has 1 fully saturated rings. The topological polar surface area (TPSA) is 96.9 Å². The van der Waals surface area contributed by atoms with E-state index in [-0.39, 0.29) is 11.8 Å². The van der Waals surface area contributed by atoms with E-state index in [1.807, 2.05) is 0 Å². The Morgan fingerprint density at radius 1 is 1.18 bits per heavy atom. The van der Waals surface area contributed by atoms with Crippen LogP contribution in [0.15, 0.2) is 24.3 Å². The lowest BCUT2D eigenvalue weighted by atomic mass is 10.2. The number of hydrogen-bond acceptors (Lipinski definition) is 3. The minimum absolute atomic E-state index is 0.0815. The molecule has 0 unspecified atom stereocenters. The first kappa shape index (κ1) is 16.0. The normalized spacial score (nSPS) is 15.4. The fourth-order valence-electron chi connectivity index (χ4n) is 2.46. The summed E-state index contributed by atoms with van der Waals surface area (Å²) in [5.41, 5.74) is 6.21. The number of benzene rings is 1. The second-order valence-electron chi connectivity index (χ2n) is 5.42. The lowest BCUT2D eigenvalue weighted by Crippen LogP contribution is -3.15. The Morgan fingerprint density at radius 2 is 1.77 bits per heavy atom. The second-order valence-corrected chi connectivity index (χ2v) is 5.42. The molecule has 2 rings (SSSR count). The minimum Gasteiger partial charge on any atom is -0.366 e. The fraction of sp³-hybridized carbons (Fsp3) is 0.400. The molecule has 1 aromatic rings. The van der Waals surface area contributed by atoms with E-state index < -0.39 is 5.91 Å². The van der Waals surface area contributed by atoms with Gasteiger partial charge in [0.05, 0.1) is 26.2 Å². The first-order chi connectivity index (χ1) is 10.5. The zero-order chi connectivity index (χ0) is 16.1. The molecular weight excluding hydrogens is 284 g/mol. The SMILES string of the molecule is CC(=O)N1CC[NH+](CC(=O)Nc2ccc(C(N)=O)cc2)CC1. The van der Waals surface area contributed by atoms with Crippen LogP contribution in [0.5, 0.6) is 0 Å². The number of quaternary nitrogens is 1. The second kappa shape index (κ2) is 7.04. The van der Waals surface area contributed by atoms with Gasteiger partial charge in [-0.1, -0.05) is 0 Å². The standard InChI is InChI=1S/C15H20N4O3/c1-11(20)19-8-6-18(7-9-19)10-14(21)17-13-4-2-12(3-5-13)15(16)22/h2-5H,6-10H2,1H3,(H2,16,22)(H,17,21)/p+1. The number of anilines is 1. The van der Waals surface area contributed by atoms with E-state index in [2.05, 4.69) is 5.32 Å². The lowest BCUT2D eigenvalue weighted by Gasteiger charge is -2.31. The van der Waals surface area contributed by atoms with Gasteiger partial charge in [0.25, 0.3) is 5.91 Å². The maximum atomic E-state index is 12.0. The summed E-state index contributed by atoms with van der Waals surface area (Å²) in [5, 5.41) is 2.80. The van der Waals surface area contributed by atoms with Crippen LogP contribution in [-0.4, -0.2) is 55.3 Å². The van der Waals surface area contributed by atoms with Crippen molar-refractivity contribution in [3.63, 3.8) is 0 Å². The summed E-state index contributed by atoms with van der Waals surface area (Å²) < 4.78 is 0. The summed E-state index contributed by atoms with van der Waals surface area (Å²) >= 11 is 0.